The summed E-state index contributed by atoms with van der Waals surface area (Å²) >= 11 is 5.83. The Morgan fingerprint density at radius 3 is 2.57 bits per heavy atom. The molecule has 2 aromatic carbocycles. The molecule has 4 heteroatoms. The predicted octanol–water partition coefficient (Wildman–Crippen LogP) is 5.30. The summed E-state index contributed by atoms with van der Waals surface area (Å²) in [7, 11) is 0. The Hall–Kier alpha value is -0.590. The van der Waals surface area contributed by atoms with Crippen LogP contribution in [-0.4, -0.2) is 6.54 Å². The molecule has 1 atom stereocenters. The molecule has 1 N–H and O–H groups in total. The highest BCUT2D eigenvalue weighted by Gasteiger charge is 2.11. The third kappa shape index (κ3) is 4.97. The lowest BCUT2D eigenvalue weighted by molar-refractivity contribution is 0.299. The Morgan fingerprint density at radius 1 is 1.19 bits per heavy atom. The van der Waals surface area contributed by atoms with Gasteiger partial charge in [-0.15, -0.1) is 0 Å². The van der Waals surface area contributed by atoms with Crippen molar-refractivity contribution in [3.8, 4) is 5.75 Å². The summed E-state index contributed by atoms with van der Waals surface area (Å²) in [5.74, 6) is 0.927. The average molecular weight is 460 g/mol. The largest absolute Gasteiger partial charge is 0.489 e. The maximum absolute atomic E-state index is 6.04. The third-order valence-corrected chi connectivity index (χ3v) is 4.47. The van der Waals surface area contributed by atoms with E-state index in [0.29, 0.717) is 6.61 Å². The summed E-state index contributed by atoms with van der Waals surface area (Å²) in [4.78, 5) is 0. The van der Waals surface area contributed by atoms with Crippen LogP contribution in [0.1, 0.15) is 31.0 Å². The van der Waals surface area contributed by atoms with Crippen LogP contribution in [0.4, 0.5) is 0 Å². The lowest BCUT2D eigenvalue weighted by Gasteiger charge is -2.18. The van der Waals surface area contributed by atoms with Gasteiger partial charge in [-0.2, -0.15) is 0 Å². The highest BCUT2D eigenvalue weighted by molar-refractivity contribution is 14.1. The van der Waals surface area contributed by atoms with Crippen molar-refractivity contribution < 1.29 is 4.74 Å². The van der Waals surface area contributed by atoms with Crippen molar-refractivity contribution >= 4 is 38.5 Å². The van der Waals surface area contributed by atoms with Crippen molar-refractivity contribution in [1.82, 2.24) is 5.32 Å². The van der Waals surface area contributed by atoms with Gasteiger partial charge in [-0.3, -0.25) is 0 Å². The SMILES string of the molecule is CCNC(C)c1ccc(Br)cc1OCc1ccc(I)cc1. The molecule has 0 radical (unpaired) electrons. The first-order chi connectivity index (χ1) is 10.1. The second kappa shape index (κ2) is 8.15. The molecule has 2 nitrogen and oxygen atoms in total. The molecule has 0 spiro atoms. The van der Waals surface area contributed by atoms with Gasteiger partial charge in [0.2, 0.25) is 0 Å². The topological polar surface area (TPSA) is 21.3 Å². The predicted molar refractivity (Wildman–Crippen MR) is 99.7 cm³/mol. The first-order valence-corrected chi connectivity index (χ1v) is 8.87. The summed E-state index contributed by atoms with van der Waals surface area (Å²) in [6.07, 6.45) is 0. The molecule has 0 bridgehead atoms. The molecular formula is C17H19BrINO. The van der Waals surface area contributed by atoms with Crippen molar-refractivity contribution in [2.75, 3.05) is 6.54 Å². The third-order valence-electron chi connectivity index (χ3n) is 3.26. The smallest absolute Gasteiger partial charge is 0.125 e. The fourth-order valence-corrected chi connectivity index (χ4v) is 2.85. The molecule has 112 valence electrons. The Balaban J connectivity index is 2.14. The van der Waals surface area contributed by atoms with Gasteiger partial charge in [-0.05, 0) is 65.9 Å². The molecule has 0 amide bonds. The molecule has 0 aliphatic carbocycles. The van der Waals surface area contributed by atoms with E-state index < -0.39 is 0 Å². The van der Waals surface area contributed by atoms with E-state index in [4.69, 9.17) is 4.74 Å². The molecule has 21 heavy (non-hydrogen) atoms. The summed E-state index contributed by atoms with van der Waals surface area (Å²) in [5, 5.41) is 3.43. The Kier molecular flexibility index (Phi) is 6.51. The van der Waals surface area contributed by atoms with Gasteiger partial charge in [-0.25, -0.2) is 0 Å². The highest BCUT2D eigenvalue weighted by Crippen LogP contribution is 2.29. The number of halogens is 2. The van der Waals surface area contributed by atoms with E-state index in [-0.39, 0.29) is 6.04 Å². The van der Waals surface area contributed by atoms with E-state index >= 15 is 0 Å². The summed E-state index contributed by atoms with van der Waals surface area (Å²) in [6.45, 7) is 5.79. The highest BCUT2D eigenvalue weighted by atomic mass is 127. The van der Waals surface area contributed by atoms with Gasteiger partial charge in [0.15, 0.2) is 0 Å². The fourth-order valence-electron chi connectivity index (χ4n) is 2.15. The van der Waals surface area contributed by atoms with Gasteiger partial charge in [0.25, 0.3) is 0 Å². The van der Waals surface area contributed by atoms with Crippen molar-refractivity contribution in [1.29, 1.82) is 0 Å². The molecule has 0 aromatic heterocycles. The zero-order valence-electron chi connectivity index (χ0n) is 12.2. The quantitative estimate of drug-likeness (QED) is 0.591. The molecule has 0 saturated heterocycles. The molecule has 1 unspecified atom stereocenters. The summed E-state index contributed by atoms with van der Waals surface area (Å²) in [6, 6.07) is 14.9. The number of hydrogen-bond donors (Lipinski definition) is 1. The van der Waals surface area contributed by atoms with Crippen LogP contribution in [0.5, 0.6) is 5.75 Å². The zero-order chi connectivity index (χ0) is 15.2. The summed E-state index contributed by atoms with van der Waals surface area (Å²) in [5.41, 5.74) is 2.36. The van der Waals surface area contributed by atoms with Gasteiger partial charge in [-0.1, -0.05) is 41.1 Å². The second-order valence-electron chi connectivity index (χ2n) is 4.88. The van der Waals surface area contributed by atoms with Crippen molar-refractivity contribution in [3.63, 3.8) is 0 Å². The van der Waals surface area contributed by atoms with Crippen LogP contribution in [0.15, 0.2) is 46.9 Å². The number of benzene rings is 2. The number of hydrogen-bond acceptors (Lipinski definition) is 2. The fraction of sp³-hybridized carbons (Fsp3) is 0.294. The first-order valence-electron chi connectivity index (χ1n) is 7.00. The summed E-state index contributed by atoms with van der Waals surface area (Å²) < 4.78 is 8.31. The van der Waals surface area contributed by atoms with Crippen LogP contribution in [0, 0.1) is 3.57 Å². The standard InChI is InChI=1S/C17H19BrINO/c1-3-20-12(2)16-9-6-14(18)10-17(16)21-11-13-4-7-15(19)8-5-13/h4-10,12,20H,3,11H2,1-2H3. The molecule has 0 heterocycles. The van der Waals surface area contributed by atoms with Crippen LogP contribution < -0.4 is 10.1 Å². The van der Waals surface area contributed by atoms with E-state index in [0.717, 1.165) is 16.8 Å². The Bertz CT molecular complexity index is 586. The van der Waals surface area contributed by atoms with E-state index in [1.54, 1.807) is 0 Å². The Morgan fingerprint density at radius 2 is 1.90 bits per heavy atom. The Labute approximate surface area is 148 Å². The van der Waals surface area contributed by atoms with Crippen LogP contribution in [0.2, 0.25) is 0 Å². The van der Waals surface area contributed by atoms with E-state index in [1.165, 1.54) is 14.7 Å². The molecule has 0 saturated carbocycles. The van der Waals surface area contributed by atoms with E-state index in [1.807, 2.05) is 6.07 Å². The van der Waals surface area contributed by atoms with Gasteiger partial charge in [0.1, 0.15) is 12.4 Å². The molecule has 2 aromatic rings. The minimum Gasteiger partial charge on any atom is -0.489 e. The molecule has 0 aliphatic rings. The van der Waals surface area contributed by atoms with Gasteiger partial charge >= 0.3 is 0 Å². The number of nitrogens with one attached hydrogen (secondary N) is 1. The molecular weight excluding hydrogens is 441 g/mol. The monoisotopic (exact) mass is 459 g/mol. The minimum absolute atomic E-state index is 0.273. The normalized spacial score (nSPS) is 12.2. The van der Waals surface area contributed by atoms with Crippen molar-refractivity contribution in [2.45, 2.75) is 26.5 Å². The minimum atomic E-state index is 0.273. The van der Waals surface area contributed by atoms with Gasteiger partial charge in [0, 0.05) is 19.6 Å². The molecule has 0 aliphatic heterocycles. The van der Waals surface area contributed by atoms with Gasteiger partial charge < -0.3 is 10.1 Å². The zero-order valence-corrected chi connectivity index (χ0v) is 15.9. The molecule has 0 fully saturated rings. The maximum Gasteiger partial charge on any atom is 0.125 e. The maximum atomic E-state index is 6.04. The first kappa shape index (κ1) is 16.8. The van der Waals surface area contributed by atoms with Crippen LogP contribution in [0.3, 0.4) is 0 Å². The van der Waals surface area contributed by atoms with Crippen LogP contribution in [-0.2, 0) is 6.61 Å². The number of rotatable bonds is 6. The van der Waals surface area contributed by atoms with Crippen molar-refractivity contribution in [3.05, 3.63) is 61.6 Å². The second-order valence-corrected chi connectivity index (χ2v) is 7.04. The number of ether oxygens (including phenoxy) is 1. The van der Waals surface area contributed by atoms with Crippen molar-refractivity contribution in [2.24, 2.45) is 0 Å². The van der Waals surface area contributed by atoms with Crippen LogP contribution >= 0.6 is 38.5 Å². The van der Waals surface area contributed by atoms with Crippen LogP contribution in [0.25, 0.3) is 0 Å². The lowest BCUT2D eigenvalue weighted by Crippen LogP contribution is -2.18. The molecule has 2 rings (SSSR count). The average Bonchev–Trinajstić information content (AvgIpc) is 2.47. The van der Waals surface area contributed by atoms with Gasteiger partial charge in [0.05, 0.1) is 0 Å². The van der Waals surface area contributed by atoms with E-state index in [9.17, 15) is 0 Å². The lowest BCUT2D eigenvalue weighted by atomic mass is 10.1. The van der Waals surface area contributed by atoms with E-state index in [2.05, 4.69) is 94.1 Å².